The first kappa shape index (κ1) is 27.9. The molecule has 2 aliphatic carbocycles. The number of carbonyl (C=O) groups excluding carboxylic acids is 3. The molecule has 40 heavy (non-hydrogen) atoms. The van der Waals surface area contributed by atoms with Gasteiger partial charge in [0.1, 0.15) is 17.5 Å². The number of hydrogen-bond acceptors (Lipinski definition) is 4. The molecule has 2 aromatic carbocycles. The average Bonchev–Trinajstić information content (AvgIpc) is 3.80. The van der Waals surface area contributed by atoms with Crippen LogP contribution in [-0.4, -0.2) is 36.5 Å². The Balaban J connectivity index is 1.44. The number of alkyl halides is 3. The van der Waals surface area contributed by atoms with Gasteiger partial charge >= 0.3 is 6.18 Å². The standard InChI is InChI=1S/C29H32F4N4O3/c30-22-5-2-6-24-25(22)36-28(40)23(15-37(24)19-4-1-3-18(14-19)17-9-10-17)35-27(39)20(11-12-29(31,32)33)21(26(34)38)13-16-7-8-16/h1-6,14,16-17,20-21,23H,7-13,15H2,(H2,34,38)(H,35,39)(H,36,40). The van der Waals surface area contributed by atoms with E-state index >= 15 is 0 Å². The fraction of sp³-hybridized carbons (Fsp3) is 0.483. The molecule has 3 unspecified atom stereocenters. The second-order valence-electron chi connectivity index (χ2n) is 11.1. The molecule has 2 aromatic rings. The first-order chi connectivity index (χ1) is 19.0. The Morgan fingerprint density at radius 1 is 1.07 bits per heavy atom. The van der Waals surface area contributed by atoms with E-state index in [9.17, 15) is 31.9 Å². The van der Waals surface area contributed by atoms with Gasteiger partial charge in [-0.15, -0.1) is 0 Å². The van der Waals surface area contributed by atoms with Crippen molar-refractivity contribution in [2.75, 3.05) is 16.8 Å². The maximum absolute atomic E-state index is 14.9. The van der Waals surface area contributed by atoms with E-state index in [0.717, 1.165) is 31.2 Å². The number of rotatable bonds is 10. The third-order valence-corrected chi connectivity index (χ3v) is 7.97. The molecule has 2 saturated carbocycles. The van der Waals surface area contributed by atoms with Crippen molar-refractivity contribution in [2.45, 2.75) is 63.1 Å². The van der Waals surface area contributed by atoms with Crippen molar-refractivity contribution in [1.82, 2.24) is 5.32 Å². The molecule has 5 rings (SSSR count). The predicted molar refractivity (Wildman–Crippen MR) is 141 cm³/mol. The largest absolute Gasteiger partial charge is 0.389 e. The highest BCUT2D eigenvalue weighted by Gasteiger charge is 2.41. The van der Waals surface area contributed by atoms with E-state index in [0.29, 0.717) is 17.3 Å². The number of halogens is 4. The van der Waals surface area contributed by atoms with E-state index in [-0.39, 0.29) is 24.6 Å². The number of primary amides is 1. The van der Waals surface area contributed by atoms with Crippen LogP contribution in [0.25, 0.3) is 0 Å². The van der Waals surface area contributed by atoms with E-state index in [1.807, 2.05) is 24.3 Å². The molecule has 2 fully saturated rings. The molecule has 7 nitrogen and oxygen atoms in total. The Bertz CT molecular complexity index is 1290. The van der Waals surface area contributed by atoms with E-state index in [2.05, 4.69) is 10.6 Å². The highest BCUT2D eigenvalue weighted by atomic mass is 19.4. The minimum atomic E-state index is -4.54. The third kappa shape index (κ3) is 6.56. The Labute approximate surface area is 229 Å². The summed E-state index contributed by atoms with van der Waals surface area (Å²) in [7, 11) is 0. The van der Waals surface area contributed by atoms with Gasteiger partial charge in [0.15, 0.2) is 0 Å². The zero-order valence-corrected chi connectivity index (χ0v) is 21.8. The second-order valence-corrected chi connectivity index (χ2v) is 11.1. The number of nitrogens with zero attached hydrogens (tertiary/aromatic N) is 1. The molecule has 1 heterocycles. The molecule has 11 heteroatoms. The van der Waals surface area contributed by atoms with Crippen LogP contribution in [0.4, 0.5) is 34.6 Å². The molecule has 214 valence electrons. The maximum Gasteiger partial charge on any atom is 0.389 e. The first-order valence-corrected chi connectivity index (χ1v) is 13.6. The molecule has 1 aliphatic heterocycles. The lowest BCUT2D eigenvalue weighted by molar-refractivity contribution is -0.146. The van der Waals surface area contributed by atoms with Crippen LogP contribution in [0.1, 0.15) is 56.4 Å². The molecular formula is C29H32F4N4O3. The van der Waals surface area contributed by atoms with Crippen LogP contribution in [0.2, 0.25) is 0 Å². The lowest BCUT2D eigenvalue weighted by atomic mass is 9.83. The van der Waals surface area contributed by atoms with Gasteiger partial charge in [0.25, 0.3) is 0 Å². The number of nitrogens with two attached hydrogens (primary N) is 1. The van der Waals surface area contributed by atoms with Gasteiger partial charge in [-0.05, 0) is 67.3 Å². The Kier molecular flexibility index (Phi) is 7.74. The zero-order chi connectivity index (χ0) is 28.6. The minimum absolute atomic E-state index is 0.0570. The van der Waals surface area contributed by atoms with Crippen molar-refractivity contribution in [2.24, 2.45) is 23.5 Å². The van der Waals surface area contributed by atoms with Crippen molar-refractivity contribution in [3.63, 3.8) is 0 Å². The molecule has 0 radical (unpaired) electrons. The van der Waals surface area contributed by atoms with Crippen LogP contribution in [-0.2, 0) is 14.4 Å². The highest BCUT2D eigenvalue weighted by molar-refractivity contribution is 6.03. The van der Waals surface area contributed by atoms with Crippen LogP contribution in [0.3, 0.4) is 0 Å². The summed E-state index contributed by atoms with van der Waals surface area (Å²) in [4.78, 5) is 40.8. The summed E-state index contributed by atoms with van der Waals surface area (Å²) < 4.78 is 54.4. The predicted octanol–water partition coefficient (Wildman–Crippen LogP) is 5.14. The van der Waals surface area contributed by atoms with Crippen molar-refractivity contribution in [3.05, 3.63) is 53.8 Å². The first-order valence-electron chi connectivity index (χ1n) is 13.6. The molecular weight excluding hydrogens is 528 g/mol. The van der Waals surface area contributed by atoms with E-state index in [4.69, 9.17) is 5.73 Å². The molecule has 3 aliphatic rings. The van der Waals surface area contributed by atoms with Crippen molar-refractivity contribution >= 4 is 34.8 Å². The summed E-state index contributed by atoms with van der Waals surface area (Å²) in [6.45, 7) is -0.0992. The third-order valence-electron chi connectivity index (χ3n) is 7.97. The van der Waals surface area contributed by atoms with Gasteiger partial charge in [0.05, 0.1) is 12.2 Å². The lowest BCUT2D eigenvalue weighted by Crippen LogP contribution is -2.52. The molecule has 0 spiro atoms. The number of hydrogen-bond donors (Lipinski definition) is 3. The van der Waals surface area contributed by atoms with Gasteiger partial charge in [-0.3, -0.25) is 14.4 Å². The summed E-state index contributed by atoms with van der Waals surface area (Å²) in [5, 5.41) is 5.13. The Morgan fingerprint density at radius 3 is 2.45 bits per heavy atom. The summed E-state index contributed by atoms with van der Waals surface area (Å²) in [5.74, 6) is -4.96. The summed E-state index contributed by atoms with van der Waals surface area (Å²) in [6.07, 6.45) is -2.45. The molecule has 3 amide bonds. The summed E-state index contributed by atoms with van der Waals surface area (Å²) >= 11 is 0. The number of benzene rings is 2. The van der Waals surface area contributed by atoms with Gasteiger partial charge < -0.3 is 21.3 Å². The van der Waals surface area contributed by atoms with Crippen molar-refractivity contribution in [3.8, 4) is 0 Å². The number of amides is 3. The zero-order valence-electron chi connectivity index (χ0n) is 21.8. The number of fused-ring (bicyclic) bond motifs is 1. The van der Waals surface area contributed by atoms with E-state index < -0.39 is 60.4 Å². The molecule has 0 aromatic heterocycles. The monoisotopic (exact) mass is 560 g/mol. The summed E-state index contributed by atoms with van der Waals surface area (Å²) in [5.41, 5.74) is 7.68. The number of para-hydroxylation sites is 1. The smallest absolute Gasteiger partial charge is 0.369 e. The second kappa shape index (κ2) is 11.1. The van der Waals surface area contributed by atoms with Crippen LogP contribution >= 0.6 is 0 Å². The van der Waals surface area contributed by atoms with Gasteiger partial charge in [-0.25, -0.2) is 4.39 Å². The number of carbonyl (C=O) groups is 3. The Morgan fingerprint density at radius 2 is 1.80 bits per heavy atom. The van der Waals surface area contributed by atoms with Crippen molar-refractivity contribution < 1.29 is 31.9 Å². The van der Waals surface area contributed by atoms with E-state index in [1.165, 1.54) is 12.1 Å². The normalized spacial score (nSPS) is 20.6. The number of nitrogens with one attached hydrogen (secondary N) is 2. The minimum Gasteiger partial charge on any atom is -0.369 e. The van der Waals surface area contributed by atoms with E-state index in [1.54, 1.807) is 11.0 Å². The lowest BCUT2D eigenvalue weighted by Gasteiger charge is -2.29. The van der Waals surface area contributed by atoms with Crippen LogP contribution in [0, 0.1) is 23.6 Å². The molecule has 0 bridgehead atoms. The maximum atomic E-state index is 14.9. The average molecular weight is 561 g/mol. The van der Waals surface area contributed by atoms with Crippen LogP contribution in [0.5, 0.6) is 0 Å². The molecule has 4 N–H and O–H groups in total. The Hall–Kier alpha value is -3.63. The fourth-order valence-corrected chi connectivity index (χ4v) is 5.46. The number of anilines is 3. The fourth-order valence-electron chi connectivity index (χ4n) is 5.46. The summed E-state index contributed by atoms with van der Waals surface area (Å²) in [6, 6.07) is 10.8. The topological polar surface area (TPSA) is 105 Å². The van der Waals surface area contributed by atoms with Gasteiger partial charge in [0.2, 0.25) is 17.7 Å². The van der Waals surface area contributed by atoms with Gasteiger partial charge in [0, 0.05) is 23.9 Å². The van der Waals surface area contributed by atoms with Crippen LogP contribution in [0.15, 0.2) is 42.5 Å². The molecule has 3 atom stereocenters. The highest BCUT2D eigenvalue weighted by Crippen LogP contribution is 2.43. The van der Waals surface area contributed by atoms with Crippen molar-refractivity contribution in [1.29, 1.82) is 0 Å². The molecule has 0 saturated heterocycles. The van der Waals surface area contributed by atoms with Gasteiger partial charge in [-0.2, -0.15) is 13.2 Å². The SMILES string of the molecule is NC(=O)C(CC1CC1)C(CCC(F)(F)F)C(=O)NC1CN(c2cccc(C3CC3)c2)c2cccc(F)c2NC1=O. The van der Waals surface area contributed by atoms with Gasteiger partial charge in [-0.1, -0.05) is 31.0 Å². The quantitative estimate of drug-likeness (QED) is 0.350. The van der Waals surface area contributed by atoms with Crippen LogP contribution < -0.4 is 21.3 Å².